The Bertz CT molecular complexity index is 644. The van der Waals surface area contributed by atoms with E-state index in [0.717, 1.165) is 5.69 Å². The van der Waals surface area contributed by atoms with Gasteiger partial charge >= 0.3 is 0 Å². The van der Waals surface area contributed by atoms with Gasteiger partial charge in [0.15, 0.2) is 11.0 Å². The van der Waals surface area contributed by atoms with E-state index >= 15 is 0 Å². The lowest BCUT2D eigenvalue weighted by atomic mass is 10.2. The van der Waals surface area contributed by atoms with Crippen molar-refractivity contribution < 1.29 is 4.79 Å². The molecule has 1 aromatic carbocycles. The number of amides is 1. The van der Waals surface area contributed by atoms with E-state index in [9.17, 15) is 4.79 Å². The van der Waals surface area contributed by atoms with Gasteiger partial charge in [-0.2, -0.15) is 5.26 Å². The number of hydrogen-bond donors (Lipinski definition) is 2. The van der Waals surface area contributed by atoms with Crippen LogP contribution in [0, 0.1) is 18.3 Å². The van der Waals surface area contributed by atoms with Gasteiger partial charge in [0.05, 0.1) is 6.07 Å². The number of nitriles is 1. The van der Waals surface area contributed by atoms with Crippen LogP contribution in [0.4, 0.5) is 10.8 Å². The van der Waals surface area contributed by atoms with Crippen LogP contribution in [-0.4, -0.2) is 16.1 Å². The van der Waals surface area contributed by atoms with E-state index in [1.165, 1.54) is 23.8 Å². The molecule has 7 heteroatoms. The van der Waals surface area contributed by atoms with Gasteiger partial charge in [-0.3, -0.25) is 4.79 Å². The van der Waals surface area contributed by atoms with Crippen molar-refractivity contribution in [2.24, 2.45) is 0 Å². The van der Waals surface area contributed by atoms with Crippen molar-refractivity contribution in [1.29, 1.82) is 5.26 Å². The molecular weight excluding hydrogens is 274 g/mol. The monoisotopic (exact) mass is 287 g/mol. The lowest BCUT2D eigenvalue weighted by Gasteiger charge is -2.04. The predicted octanol–water partition coefficient (Wildman–Crippen LogP) is 2.29. The molecule has 0 bridgehead atoms. The Hall–Kier alpha value is -2.46. The molecule has 0 saturated carbocycles. The standard InChI is InChI=1S/C13H13N5OS/c1-8-3-5-10(6-4-8)16-13-18-17-12(20-13)11(7-14)15-9(2)19/h3-6,11H,1-2H3,(H,15,19)(H,16,18)/t11-/m1/s1. The molecule has 1 amide bonds. The largest absolute Gasteiger partial charge is 0.335 e. The summed E-state index contributed by atoms with van der Waals surface area (Å²) in [6.07, 6.45) is 0. The fraction of sp³-hybridized carbons (Fsp3) is 0.231. The number of anilines is 2. The molecule has 102 valence electrons. The number of benzene rings is 1. The predicted molar refractivity (Wildman–Crippen MR) is 76.5 cm³/mol. The van der Waals surface area contributed by atoms with E-state index < -0.39 is 6.04 Å². The number of carbonyl (C=O) groups excluding carboxylic acids is 1. The molecule has 2 rings (SSSR count). The molecule has 0 radical (unpaired) electrons. The highest BCUT2D eigenvalue weighted by molar-refractivity contribution is 7.15. The minimum Gasteiger partial charge on any atom is -0.335 e. The molecule has 0 aliphatic carbocycles. The first kappa shape index (κ1) is 14.0. The zero-order chi connectivity index (χ0) is 14.5. The lowest BCUT2D eigenvalue weighted by Crippen LogP contribution is -2.24. The highest BCUT2D eigenvalue weighted by atomic mass is 32.1. The summed E-state index contributed by atoms with van der Waals surface area (Å²) in [5.74, 6) is -0.278. The molecule has 20 heavy (non-hydrogen) atoms. The zero-order valence-corrected chi connectivity index (χ0v) is 11.9. The van der Waals surface area contributed by atoms with Gasteiger partial charge in [0.25, 0.3) is 0 Å². The summed E-state index contributed by atoms with van der Waals surface area (Å²) in [6, 6.07) is 9.06. The third-order valence-corrected chi connectivity index (χ3v) is 3.37. The minimum atomic E-state index is -0.765. The van der Waals surface area contributed by atoms with Crippen molar-refractivity contribution in [3.05, 3.63) is 34.8 Å². The SMILES string of the molecule is CC(=O)N[C@H](C#N)c1nnc(Nc2ccc(C)cc2)s1. The summed E-state index contributed by atoms with van der Waals surface area (Å²) in [4.78, 5) is 11.0. The Morgan fingerprint density at radius 3 is 2.65 bits per heavy atom. The van der Waals surface area contributed by atoms with Crippen molar-refractivity contribution in [3.63, 3.8) is 0 Å². The fourth-order valence-electron chi connectivity index (χ4n) is 1.51. The molecule has 2 aromatic rings. The van der Waals surface area contributed by atoms with Gasteiger partial charge in [0.1, 0.15) is 0 Å². The van der Waals surface area contributed by atoms with E-state index in [1.807, 2.05) is 37.3 Å². The first-order valence-electron chi connectivity index (χ1n) is 5.92. The quantitative estimate of drug-likeness (QED) is 0.900. The van der Waals surface area contributed by atoms with E-state index in [2.05, 4.69) is 20.8 Å². The van der Waals surface area contributed by atoms with Gasteiger partial charge < -0.3 is 10.6 Å². The van der Waals surface area contributed by atoms with Gasteiger partial charge in [0, 0.05) is 12.6 Å². The van der Waals surface area contributed by atoms with Crippen molar-refractivity contribution >= 4 is 28.1 Å². The molecule has 6 nitrogen and oxygen atoms in total. The summed E-state index contributed by atoms with van der Waals surface area (Å²) < 4.78 is 0. The molecule has 2 N–H and O–H groups in total. The maximum Gasteiger partial charge on any atom is 0.218 e. The molecule has 0 spiro atoms. The van der Waals surface area contributed by atoms with Crippen LogP contribution in [0.15, 0.2) is 24.3 Å². The lowest BCUT2D eigenvalue weighted by molar-refractivity contribution is -0.119. The van der Waals surface area contributed by atoms with E-state index in [0.29, 0.717) is 10.1 Å². The maximum absolute atomic E-state index is 11.0. The Labute approximate surface area is 120 Å². The summed E-state index contributed by atoms with van der Waals surface area (Å²) in [6.45, 7) is 3.37. The van der Waals surface area contributed by atoms with Crippen LogP contribution in [0.5, 0.6) is 0 Å². The zero-order valence-electron chi connectivity index (χ0n) is 11.0. The van der Waals surface area contributed by atoms with Crippen LogP contribution in [0.3, 0.4) is 0 Å². The number of carbonyl (C=O) groups is 1. The normalized spacial score (nSPS) is 11.4. The molecule has 1 atom stereocenters. The second-order valence-corrected chi connectivity index (χ2v) is 5.21. The molecule has 1 aromatic heterocycles. The minimum absolute atomic E-state index is 0.278. The average Bonchev–Trinajstić information content (AvgIpc) is 2.87. The topological polar surface area (TPSA) is 90.7 Å². The van der Waals surface area contributed by atoms with Gasteiger partial charge in [-0.15, -0.1) is 10.2 Å². The number of nitrogens with one attached hydrogen (secondary N) is 2. The van der Waals surface area contributed by atoms with Crippen LogP contribution in [0.25, 0.3) is 0 Å². The maximum atomic E-state index is 11.0. The van der Waals surface area contributed by atoms with E-state index in [1.54, 1.807) is 0 Å². The molecule has 0 unspecified atom stereocenters. The number of aromatic nitrogens is 2. The van der Waals surface area contributed by atoms with Crippen molar-refractivity contribution in [1.82, 2.24) is 15.5 Å². The van der Waals surface area contributed by atoms with Gasteiger partial charge in [-0.05, 0) is 19.1 Å². The fourth-order valence-corrected chi connectivity index (χ4v) is 2.27. The number of rotatable bonds is 4. The van der Waals surface area contributed by atoms with Crippen LogP contribution in [-0.2, 0) is 4.79 Å². The number of nitrogens with zero attached hydrogens (tertiary/aromatic N) is 3. The molecule has 1 heterocycles. The van der Waals surface area contributed by atoms with E-state index in [4.69, 9.17) is 5.26 Å². The van der Waals surface area contributed by atoms with Crippen molar-refractivity contribution in [2.75, 3.05) is 5.32 Å². The number of hydrogen-bond acceptors (Lipinski definition) is 6. The first-order chi connectivity index (χ1) is 9.58. The summed E-state index contributed by atoms with van der Waals surface area (Å²) in [7, 11) is 0. The van der Waals surface area contributed by atoms with E-state index in [-0.39, 0.29) is 5.91 Å². The molecule has 0 aliphatic rings. The molecular formula is C13H13N5OS. The van der Waals surface area contributed by atoms with Crippen LogP contribution < -0.4 is 10.6 Å². The van der Waals surface area contributed by atoms with Crippen LogP contribution >= 0.6 is 11.3 Å². The summed E-state index contributed by atoms with van der Waals surface area (Å²) in [5, 5.41) is 23.6. The average molecular weight is 287 g/mol. The van der Waals surface area contributed by atoms with Crippen LogP contribution in [0.2, 0.25) is 0 Å². The third kappa shape index (κ3) is 3.52. The van der Waals surface area contributed by atoms with Crippen LogP contribution in [0.1, 0.15) is 23.5 Å². The first-order valence-corrected chi connectivity index (χ1v) is 6.74. The summed E-state index contributed by atoms with van der Waals surface area (Å²) >= 11 is 1.24. The smallest absolute Gasteiger partial charge is 0.218 e. The highest BCUT2D eigenvalue weighted by Gasteiger charge is 2.17. The second-order valence-electron chi connectivity index (χ2n) is 4.20. The number of aryl methyl sites for hydroxylation is 1. The Morgan fingerprint density at radius 2 is 2.05 bits per heavy atom. The molecule has 0 fully saturated rings. The van der Waals surface area contributed by atoms with Gasteiger partial charge in [-0.25, -0.2) is 0 Å². The van der Waals surface area contributed by atoms with Gasteiger partial charge in [0.2, 0.25) is 11.0 Å². The second kappa shape index (κ2) is 6.12. The Balaban J connectivity index is 2.10. The third-order valence-electron chi connectivity index (χ3n) is 2.47. The van der Waals surface area contributed by atoms with Crippen molar-refractivity contribution in [3.8, 4) is 6.07 Å². The molecule has 0 aliphatic heterocycles. The summed E-state index contributed by atoms with van der Waals surface area (Å²) in [5.41, 5.74) is 2.06. The van der Waals surface area contributed by atoms with Crippen molar-refractivity contribution in [2.45, 2.75) is 19.9 Å². The van der Waals surface area contributed by atoms with Gasteiger partial charge in [-0.1, -0.05) is 29.0 Å². The molecule has 0 saturated heterocycles. The Morgan fingerprint density at radius 1 is 1.35 bits per heavy atom. The Kier molecular flexibility index (Phi) is 4.27. The highest BCUT2D eigenvalue weighted by Crippen LogP contribution is 2.24.